The van der Waals surface area contributed by atoms with Crippen molar-refractivity contribution in [2.24, 2.45) is 0 Å². The summed E-state index contributed by atoms with van der Waals surface area (Å²) in [6, 6.07) is 9.30. The van der Waals surface area contributed by atoms with E-state index in [4.69, 9.17) is 27.9 Å². The van der Waals surface area contributed by atoms with Crippen LogP contribution in [0.5, 0.6) is 0 Å². The minimum Gasteiger partial charge on any atom is -0.457 e. The molecule has 0 spiro atoms. The van der Waals surface area contributed by atoms with E-state index in [1.807, 2.05) is 0 Å². The minimum absolute atomic E-state index is 0.0609. The van der Waals surface area contributed by atoms with Crippen LogP contribution in [0.15, 0.2) is 41.3 Å². The van der Waals surface area contributed by atoms with Crippen LogP contribution < -0.4 is 0 Å². The van der Waals surface area contributed by atoms with Gasteiger partial charge in [0.05, 0.1) is 10.5 Å². The van der Waals surface area contributed by atoms with E-state index in [2.05, 4.69) is 0 Å². The van der Waals surface area contributed by atoms with Gasteiger partial charge in [-0.25, -0.2) is 13.2 Å². The van der Waals surface area contributed by atoms with E-state index in [9.17, 15) is 13.2 Å². The Balaban J connectivity index is 2.25. The molecule has 0 aliphatic rings. The van der Waals surface area contributed by atoms with Crippen molar-refractivity contribution >= 4 is 39.0 Å². The smallest absolute Gasteiger partial charge is 0.338 e. The van der Waals surface area contributed by atoms with Crippen molar-refractivity contribution in [2.45, 2.75) is 18.4 Å². The summed E-state index contributed by atoms with van der Waals surface area (Å²) in [6.07, 6.45) is 1.08. The van der Waals surface area contributed by atoms with Crippen LogP contribution in [0.3, 0.4) is 0 Å². The van der Waals surface area contributed by atoms with Gasteiger partial charge in [0.15, 0.2) is 9.84 Å². The molecule has 23 heavy (non-hydrogen) atoms. The number of carbonyl (C=O) groups excluding carboxylic acids is 1. The van der Waals surface area contributed by atoms with E-state index < -0.39 is 15.8 Å². The zero-order valence-electron chi connectivity index (χ0n) is 12.5. The van der Waals surface area contributed by atoms with Gasteiger partial charge in [-0.15, -0.1) is 0 Å². The van der Waals surface area contributed by atoms with E-state index in [1.165, 1.54) is 12.1 Å². The lowest BCUT2D eigenvalue weighted by atomic mass is 10.1. The first-order chi connectivity index (χ1) is 10.7. The number of sulfone groups is 1. The molecule has 2 aromatic rings. The van der Waals surface area contributed by atoms with Crippen LogP contribution in [0.2, 0.25) is 10.0 Å². The van der Waals surface area contributed by atoms with Gasteiger partial charge in [-0.1, -0.05) is 35.3 Å². The number of benzene rings is 2. The van der Waals surface area contributed by atoms with Gasteiger partial charge in [0, 0.05) is 21.9 Å². The standard InChI is InChI=1S/C16H14Cl2O4S/c1-10-6-7-11(23(2,20)21)8-12(10)16(19)22-9-13-14(17)4-3-5-15(13)18/h3-8H,9H2,1-2H3. The van der Waals surface area contributed by atoms with Crippen molar-refractivity contribution in [3.05, 3.63) is 63.1 Å². The summed E-state index contributed by atoms with van der Waals surface area (Å²) in [5.74, 6) is -0.635. The Morgan fingerprint density at radius 3 is 2.30 bits per heavy atom. The van der Waals surface area contributed by atoms with E-state index in [0.717, 1.165) is 6.26 Å². The van der Waals surface area contributed by atoms with Crippen molar-refractivity contribution < 1.29 is 17.9 Å². The maximum absolute atomic E-state index is 12.2. The zero-order chi connectivity index (χ0) is 17.2. The van der Waals surface area contributed by atoms with Crippen molar-refractivity contribution in [1.29, 1.82) is 0 Å². The number of hydrogen-bond donors (Lipinski definition) is 0. The molecule has 0 heterocycles. The van der Waals surface area contributed by atoms with Gasteiger partial charge in [-0.2, -0.15) is 0 Å². The number of rotatable bonds is 4. The molecule has 0 saturated carbocycles. The van der Waals surface area contributed by atoms with Crippen molar-refractivity contribution in [3.63, 3.8) is 0 Å². The average Bonchev–Trinajstić information content (AvgIpc) is 2.45. The summed E-state index contributed by atoms with van der Waals surface area (Å²) < 4.78 is 28.4. The highest BCUT2D eigenvalue weighted by atomic mass is 35.5. The molecule has 0 unspecified atom stereocenters. The molecular formula is C16H14Cl2O4S. The average molecular weight is 373 g/mol. The second-order valence-corrected chi connectivity index (χ2v) is 7.86. The first-order valence-electron chi connectivity index (χ1n) is 6.61. The number of ether oxygens (including phenoxy) is 1. The summed E-state index contributed by atoms with van der Waals surface area (Å²) in [7, 11) is -3.41. The molecule has 0 aromatic heterocycles. The van der Waals surface area contributed by atoms with Gasteiger partial charge in [0.25, 0.3) is 0 Å². The lowest BCUT2D eigenvalue weighted by Gasteiger charge is -2.10. The van der Waals surface area contributed by atoms with Gasteiger partial charge in [0.1, 0.15) is 6.61 Å². The molecule has 2 rings (SSSR count). The van der Waals surface area contributed by atoms with Gasteiger partial charge >= 0.3 is 5.97 Å². The second kappa shape index (κ2) is 6.91. The van der Waals surface area contributed by atoms with Gasteiger partial charge in [-0.05, 0) is 36.8 Å². The minimum atomic E-state index is -3.41. The molecular weight excluding hydrogens is 359 g/mol. The topological polar surface area (TPSA) is 60.4 Å². The Kier molecular flexibility index (Phi) is 5.34. The van der Waals surface area contributed by atoms with E-state index in [0.29, 0.717) is 21.2 Å². The summed E-state index contributed by atoms with van der Waals surface area (Å²) in [4.78, 5) is 12.3. The lowest BCUT2D eigenvalue weighted by molar-refractivity contribution is 0.0472. The van der Waals surface area contributed by atoms with Crippen LogP contribution in [0.25, 0.3) is 0 Å². The maximum atomic E-state index is 12.2. The Hall–Kier alpha value is -1.56. The summed E-state index contributed by atoms with van der Waals surface area (Å²) in [6.45, 7) is 1.60. The lowest BCUT2D eigenvalue weighted by Crippen LogP contribution is -2.09. The van der Waals surface area contributed by atoms with Gasteiger partial charge < -0.3 is 4.74 Å². The molecule has 0 amide bonds. The molecule has 2 aromatic carbocycles. The van der Waals surface area contributed by atoms with Crippen molar-refractivity contribution in [3.8, 4) is 0 Å². The zero-order valence-corrected chi connectivity index (χ0v) is 14.8. The fraction of sp³-hybridized carbons (Fsp3) is 0.188. The van der Waals surface area contributed by atoms with E-state index in [-0.39, 0.29) is 17.1 Å². The third kappa shape index (κ3) is 4.25. The van der Waals surface area contributed by atoms with Crippen LogP contribution in [-0.2, 0) is 21.2 Å². The number of hydrogen-bond acceptors (Lipinski definition) is 4. The molecule has 122 valence electrons. The summed E-state index contributed by atoms with van der Waals surface area (Å²) in [5.41, 5.74) is 1.31. The highest BCUT2D eigenvalue weighted by molar-refractivity contribution is 7.90. The van der Waals surface area contributed by atoms with Gasteiger partial charge in [-0.3, -0.25) is 0 Å². The molecule has 0 aliphatic carbocycles. The molecule has 0 bridgehead atoms. The van der Waals surface area contributed by atoms with Crippen molar-refractivity contribution in [2.75, 3.05) is 6.26 Å². The molecule has 0 fully saturated rings. The second-order valence-electron chi connectivity index (χ2n) is 5.03. The fourth-order valence-electron chi connectivity index (χ4n) is 1.94. The maximum Gasteiger partial charge on any atom is 0.338 e. The predicted octanol–water partition coefficient (Wildman–Crippen LogP) is 4.06. The number of esters is 1. The Bertz CT molecular complexity index is 840. The molecule has 0 radical (unpaired) electrons. The van der Waals surface area contributed by atoms with Crippen LogP contribution in [0.4, 0.5) is 0 Å². The SMILES string of the molecule is Cc1ccc(S(C)(=O)=O)cc1C(=O)OCc1c(Cl)cccc1Cl. The molecule has 4 nitrogen and oxygen atoms in total. The first-order valence-corrected chi connectivity index (χ1v) is 9.25. The van der Waals surface area contributed by atoms with E-state index in [1.54, 1.807) is 31.2 Å². The highest BCUT2D eigenvalue weighted by Gasteiger charge is 2.16. The van der Waals surface area contributed by atoms with Crippen LogP contribution in [0, 0.1) is 6.92 Å². The summed E-state index contributed by atoms with van der Waals surface area (Å²) in [5, 5.41) is 0.791. The number of aryl methyl sites for hydroxylation is 1. The normalized spacial score (nSPS) is 11.3. The Morgan fingerprint density at radius 1 is 1.13 bits per heavy atom. The first kappa shape index (κ1) is 17.8. The quantitative estimate of drug-likeness (QED) is 0.759. The molecule has 0 atom stereocenters. The number of halogens is 2. The molecule has 0 saturated heterocycles. The van der Waals surface area contributed by atoms with Crippen LogP contribution >= 0.6 is 23.2 Å². The van der Waals surface area contributed by atoms with Crippen molar-refractivity contribution in [1.82, 2.24) is 0 Å². The fourth-order valence-corrected chi connectivity index (χ4v) is 3.09. The predicted molar refractivity (Wildman–Crippen MR) is 89.9 cm³/mol. The third-order valence-corrected chi connectivity index (χ3v) is 5.08. The van der Waals surface area contributed by atoms with Crippen LogP contribution in [0.1, 0.15) is 21.5 Å². The van der Waals surface area contributed by atoms with Gasteiger partial charge in [0.2, 0.25) is 0 Å². The molecule has 0 aliphatic heterocycles. The Labute approximate surface area is 144 Å². The molecule has 0 N–H and O–H groups in total. The van der Waals surface area contributed by atoms with Crippen LogP contribution in [-0.4, -0.2) is 20.6 Å². The Morgan fingerprint density at radius 2 is 1.74 bits per heavy atom. The third-order valence-electron chi connectivity index (χ3n) is 3.27. The monoisotopic (exact) mass is 372 g/mol. The largest absolute Gasteiger partial charge is 0.457 e. The van der Waals surface area contributed by atoms with E-state index >= 15 is 0 Å². The summed E-state index contributed by atoms with van der Waals surface area (Å²) >= 11 is 12.0. The molecule has 7 heteroatoms. The highest BCUT2D eigenvalue weighted by Crippen LogP contribution is 2.25. The number of carbonyl (C=O) groups is 1.